The molecule has 0 aromatic carbocycles. The number of methoxy groups -OCH3 is 1. The fourth-order valence-electron chi connectivity index (χ4n) is 2.70. The van der Waals surface area contributed by atoms with Gasteiger partial charge in [-0.2, -0.15) is 0 Å². The molecule has 1 saturated heterocycles. The highest BCUT2D eigenvalue weighted by atomic mass is 16.5. The van der Waals surface area contributed by atoms with E-state index in [-0.39, 0.29) is 12.0 Å². The third-order valence-electron chi connectivity index (χ3n) is 3.93. The third kappa shape index (κ3) is 5.47. The Bertz CT molecular complexity index is 273. The van der Waals surface area contributed by atoms with Crippen molar-refractivity contribution in [3.8, 4) is 0 Å². The van der Waals surface area contributed by atoms with Crippen LogP contribution in [-0.4, -0.2) is 75.2 Å². The SMILES string of the molecule is CCNC(CCN(C)CC1CCCN1C)C(=O)OC. The van der Waals surface area contributed by atoms with Gasteiger partial charge in [0, 0.05) is 12.6 Å². The van der Waals surface area contributed by atoms with Crippen LogP contribution in [0.1, 0.15) is 26.2 Å². The molecule has 0 saturated carbocycles. The average molecular weight is 271 g/mol. The lowest BCUT2D eigenvalue weighted by Gasteiger charge is -2.26. The maximum atomic E-state index is 11.6. The van der Waals surface area contributed by atoms with Crippen LogP contribution in [0.15, 0.2) is 0 Å². The molecule has 1 fully saturated rings. The highest BCUT2D eigenvalue weighted by Crippen LogP contribution is 2.15. The monoisotopic (exact) mass is 271 g/mol. The van der Waals surface area contributed by atoms with E-state index in [9.17, 15) is 4.79 Å². The van der Waals surface area contributed by atoms with Gasteiger partial charge in [0.15, 0.2) is 0 Å². The van der Waals surface area contributed by atoms with Crippen molar-refractivity contribution in [1.82, 2.24) is 15.1 Å². The van der Waals surface area contributed by atoms with Crippen molar-refractivity contribution in [3.05, 3.63) is 0 Å². The molecule has 0 aromatic rings. The average Bonchev–Trinajstić information content (AvgIpc) is 2.79. The molecule has 2 atom stereocenters. The minimum absolute atomic E-state index is 0.159. The van der Waals surface area contributed by atoms with Crippen LogP contribution in [0.2, 0.25) is 0 Å². The maximum absolute atomic E-state index is 11.6. The Morgan fingerprint density at radius 2 is 2.32 bits per heavy atom. The summed E-state index contributed by atoms with van der Waals surface area (Å²) >= 11 is 0. The molecule has 0 radical (unpaired) electrons. The molecule has 112 valence electrons. The number of likely N-dealkylation sites (tertiary alicyclic amines) is 1. The van der Waals surface area contributed by atoms with Gasteiger partial charge >= 0.3 is 5.97 Å². The number of carbonyl (C=O) groups excluding carboxylic acids is 1. The first-order chi connectivity index (χ1) is 9.08. The molecule has 1 aliphatic heterocycles. The summed E-state index contributed by atoms with van der Waals surface area (Å²) in [6.45, 7) is 6.00. The van der Waals surface area contributed by atoms with E-state index in [2.05, 4.69) is 29.2 Å². The first-order valence-corrected chi connectivity index (χ1v) is 7.28. The molecular formula is C14H29N3O2. The van der Waals surface area contributed by atoms with Crippen LogP contribution in [0, 0.1) is 0 Å². The number of rotatable bonds is 8. The van der Waals surface area contributed by atoms with Crippen molar-refractivity contribution in [2.45, 2.75) is 38.3 Å². The van der Waals surface area contributed by atoms with E-state index in [0.717, 1.165) is 26.1 Å². The quantitative estimate of drug-likeness (QED) is 0.653. The fourth-order valence-corrected chi connectivity index (χ4v) is 2.70. The molecule has 0 bridgehead atoms. The van der Waals surface area contributed by atoms with E-state index in [1.807, 2.05) is 6.92 Å². The van der Waals surface area contributed by atoms with Crippen LogP contribution in [-0.2, 0) is 9.53 Å². The lowest BCUT2D eigenvalue weighted by molar-refractivity contribution is -0.143. The zero-order chi connectivity index (χ0) is 14.3. The molecular weight excluding hydrogens is 242 g/mol. The predicted molar refractivity (Wildman–Crippen MR) is 77.2 cm³/mol. The number of ether oxygens (including phenoxy) is 1. The smallest absolute Gasteiger partial charge is 0.322 e. The van der Waals surface area contributed by atoms with Crippen molar-refractivity contribution in [2.24, 2.45) is 0 Å². The van der Waals surface area contributed by atoms with Crippen molar-refractivity contribution in [1.29, 1.82) is 0 Å². The van der Waals surface area contributed by atoms with Crippen molar-refractivity contribution < 1.29 is 9.53 Å². The second-order valence-corrected chi connectivity index (χ2v) is 5.46. The van der Waals surface area contributed by atoms with Gasteiger partial charge in [0.2, 0.25) is 0 Å². The second kappa shape index (κ2) is 8.51. The summed E-state index contributed by atoms with van der Waals surface area (Å²) in [5.41, 5.74) is 0. The molecule has 0 aliphatic carbocycles. The molecule has 2 unspecified atom stereocenters. The molecule has 0 amide bonds. The molecule has 0 spiro atoms. The maximum Gasteiger partial charge on any atom is 0.322 e. The number of nitrogens with zero attached hydrogens (tertiary/aromatic N) is 2. The molecule has 0 aromatic heterocycles. The zero-order valence-electron chi connectivity index (χ0n) is 12.8. The van der Waals surface area contributed by atoms with Crippen LogP contribution in [0.25, 0.3) is 0 Å². The predicted octanol–water partition coefficient (Wildman–Crippen LogP) is 0.554. The molecule has 5 nitrogen and oxygen atoms in total. The molecule has 1 aliphatic rings. The molecule has 1 heterocycles. The molecule has 1 rings (SSSR count). The van der Waals surface area contributed by atoms with Crippen LogP contribution >= 0.6 is 0 Å². The number of likely N-dealkylation sites (N-methyl/N-ethyl adjacent to an activating group) is 3. The lowest BCUT2D eigenvalue weighted by atomic mass is 10.1. The van der Waals surface area contributed by atoms with Gasteiger partial charge in [-0.1, -0.05) is 6.92 Å². The van der Waals surface area contributed by atoms with Crippen LogP contribution < -0.4 is 5.32 Å². The fraction of sp³-hybridized carbons (Fsp3) is 0.929. The summed E-state index contributed by atoms with van der Waals surface area (Å²) in [7, 11) is 5.78. The van der Waals surface area contributed by atoms with E-state index < -0.39 is 0 Å². The Morgan fingerprint density at radius 3 is 2.84 bits per heavy atom. The lowest BCUT2D eigenvalue weighted by Crippen LogP contribution is -2.42. The van der Waals surface area contributed by atoms with Gasteiger partial charge in [-0.15, -0.1) is 0 Å². The second-order valence-electron chi connectivity index (χ2n) is 5.46. The number of esters is 1. The topological polar surface area (TPSA) is 44.8 Å². The normalized spacial score (nSPS) is 21.8. The Balaban J connectivity index is 2.30. The van der Waals surface area contributed by atoms with E-state index in [1.165, 1.54) is 26.5 Å². The zero-order valence-corrected chi connectivity index (χ0v) is 12.8. The van der Waals surface area contributed by atoms with Crippen LogP contribution in [0.3, 0.4) is 0 Å². The summed E-state index contributed by atoms with van der Waals surface area (Å²) in [6.07, 6.45) is 3.39. The van der Waals surface area contributed by atoms with Crippen molar-refractivity contribution >= 4 is 5.97 Å². The highest BCUT2D eigenvalue weighted by Gasteiger charge is 2.23. The molecule has 5 heteroatoms. The Labute approximate surface area is 117 Å². The summed E-state index contributed by atoms with van der Waals surface area (Å²) in [5.74, 6) is -0.159. The minimum Gasteiger partial charge on any atom is -0.468 e. The van der Waals surface area contributed by atoms with Gasteiger partial charge in [0.05, 0.1) is 7.11 Å². The van der Waals surface area contributed by atoms with Crippen molar-refractivity contribution in [3.63, 3.8) is 0 Å². The summed E-state index contributed by atoms with van der Waals surface area (Å²) in [5, 5.41) is 3.18. The van der Waals surface area contributed by atoms with Gasteiger partial charge < -0.3 is 19.9 Å². The van der Waals surface area contributed by atoms with Gasteiger partial charge in [-0.05, 0) is 53.0 Å². The number of hydrogen-bond acceptors (Lipinski definition) is 5. The number of nitrogens with one attached hydrogen (secondary N) is 1. The largest absolute Gasteiger partial charge is 0.468 e. The van der Waals surface area contributed by atoms with E-state index in [0.29, 0.717) is 6.04 Å². The summed E-state index contributed by atoms with van der Waals surface area (Å²) < 4.78 is 4.82. The van der Waals surface area contributed by atoms with E-state index in [1.54, 1.807) is 0 Å². The van der Waals surface area contributed by atoms with Gasteiger partial charge in [-0.25, -0.2) is 0 Å². The standard InChI is InChI=1S/C14H29N3O2/c1-5-15-13(14(18)19-4)8-10-16(2)11-12-7-6-9-17(12)3/h12-13,15H,5-11H2,1-4H3. The van der Waals surface area contributed by atoms with Gasteiger partial charge in [-0.3, -0.25) is 4.79 Å². The number of carbonyl (C=O) groups is 1. The first-order valence-electron chi connectivity index (χ1n) is 7.28. The summed E-state index contributed by atoms with van der Waals surface area (Å²) in [4.78, 5) is 16.3. The Hall–Kier alpha value is -0.650. The van der Waals surface area contributed by atoms with E-state index in [4.69, 9.17) is 4.74 Å². The minimum atomic E-state index is -0.182. The Kier molecular flexibility index (Phi) is 7.34. The van der Waals surface area contributed by atoms with E-state index >= 15 is 0 Å². The van der Waals surface area contributed by atoms with Crippen LogP contribution in [0.4, 0.5) is 0 Å². The summed E-state index contributed by atoms with van der Waals surface area (Å²) in [6, 6.07) is 0.486. The van der Waals surface area contributed by atoms with Crippen molar-refractivity contribution in [2.75, 3.05) is 47.4 Å². The van der Waals surface area contributed by atoms with Gasteiger partial charge in [0.1, 0.15) is 6.04 Å². The molecule has 1 N–H and O–H groups in total. The number of hydrogen-bond donors (Lipinski definition) is 1. The van der Waals surface area contributed by atoms with Gasteiger partial charge in [0.25, 0.3) is 0 Å². The highest BCUT2D eigenvalue weighted by molar-refractivity contribution is 5.75. The first kappa shape index (κ1) is 16.4. The Morgan fingerprint density at radius 1 is 1.58 bits per heavy atom. The van der Waals surface area contributed by atoms with Crippen LogP contribution in [0.5, 0.6) is 0 Å². The third-order valence-corrected chi connectivity index (χ3v) is 3.93. The molecule has 19 heavy (non-hydrogen) atoms.